The number of thiazole rings is 2. The number of aryl methyl sites for hydroxylation is 2. The van der Waals surface area contributed by atoms with E-state index in [1.54, 1.807) is 22.7 Å². The highest BCUT2D eigenvalue weighted by Crippen LogP contribution is 2.29. The number of hydrogen-bond donors (Lipinski definition) is 2. The molecule has 0 spiro atoms. The second-order valence-corrected chi connectivity index (χ2v) is 11.6. The first-order valence-electron chi connectivity index (χ1n) is 12.2. The molecule has 0 bridgehead atoms. The molecular formula is C29H40Cl2N4O2S2. The first-order valence-corrected chi connectivity index (χ1v) is 14.0. The Morgan fingerprint density at radius 2 is 1.26 bits per heavy atom. The number of hydrogen-bond acceptors (Lipinski definition) is 7. The lowest BCUT2D eigenvalue weighted by molar-refractivity contribution is 0.0508. The molecule has 4 rings (SSSR count). The van der Waals surface area contributed by atoms with Crippen LogP contribution in [-0.2, 0) is 4.74 Å². The Balaban J connectivity index is 0.000000748. The quantitative estimate of drug-likeness (QED) is 0.235. The molecule has 2 aromatic heterocycles. The lowest BCUT2D eigenvalue weighted by Crippen LogP contribution is -2.34. The van der Waals surface area contributed by atoms with Crippen LogP contribution in [0.3, 0.4) is 0 Å². The highest BCUT2D eigenvalue weighted by molar-refractivity contribution is 7.13. The Hall–Kier alpha value is -2.49. The van der Waals surface area contributed by atoms with E-state index >= 15 is 0 Å². The van der Waals surface area contributed by atoms with Gasteiger partial charge in [-0.05, 0) is 70.7 Å². The minimum Gasteiger partial charge on any atom is -0.444 e. The molecule has 1 amide bonds. The molecule has 3 N–H and O–H groups in total. The Labute approximate surface area is 253 Å². The van der Waals surface area contributed by atoms with Gasteiger partial charge in [0, 0.05) is 7.47 Å². The summed E-state index contributed by atoms with van der Waals surface area (Å²) in [5.74, 6) is 0. The number of nitrogens with two attached hydrogens (primary N) is 1. The third-order valence-corrected chi connectivity index (χ3v) is 7.55. The summed E-state index contributed by atoms with van der Waals surface area (Å²) in [7, 11) is 0. The van der Waals surface area contributed by atoms with E-state index in [-0.39, 0.29) is 38.3 Å². The molecule has 0 fully saturated rings. The van der Waals surface area contributed by atoms with Gasteiger partial charge in [-0.25, -0.2) is 14.8 Å². The average Bonchev–Trinajstić information content (AvgIpc) is 3.46. The van der Waals surface area contributed by atoms with Gasteiger partial charge in [-0.15, -0.1) is 47.5 Å². The van der Waals surface area contributed by atoms with Gasteiger partial charge < -0.3 is 15.8 Å². The van der Waals surface area contributed by atoms with Gasteiger partial charge in [-0.2, -0.15) is 0 Å². The lowest BCUT2D eigenvalue weighted by atomic mass is 10.1. The maximum absolute atomic E-state index is 11.8. The van der Waals surface area contributed by atoms with Crippen LogP contribution in [-0.4, -0.2) is 21.7 Å². The molecule has 0 aliphatic rings. The van der Waals surface area contributed by atoms with E-state index in [9.17, 15) is 4.79 Å². The van der Waals surface area contributed by atoms with Gasteiger partial charge in [-0.3, -0.25) is 0 Å². The summed E-state index contributed by atoms with van der Waals surface area (Å²) in [6, 6.07) is 16.5. The third-order valence-electron chi connectivity index (χ3n) is 5.60. The molecule has 4 aromatic rings. The molecule has 0 unspecified atom stereocenters. The largest absolute Gasteiger partial charge is 0.444 e. The number of nitrogens with zero attached hydrogens (tertiary/aromatic N) is 2. The topological polar surface area (TPSA) is 90.1 Å². The molecule has 0 aliphatic carbocycles. The second-order valence-electron chi connectivity index (χ2n) is 9.93. The summed E-state index contributed by atoms with van der Waals surface area (Å²) in [6.07, 6.45) is -0.401. The zero-order chi connectivity index (χ0) is 27.2. The van der Waals surface area contributed by atoms with Crippen LogP contribution >= 0.6 is 47.5 Å². The molecule has 2 aromatic carbocycles. The lowest BCUT2D eigenvalue weighted by Gasteiger charge is -2.22. The predicted octanol–water partition coefficient (Wildman–Crippen LogP) is 8.93. The van der Waals surface area contributed by atoms with Gasteiger partial charge in [0.1, 0.15) is 5.60 Å². The molecule has 39 heavy (non-hydrogen) atoms. The number of halogens is 2. The molecule has 0 saturated carbocycles. The van der Waals surface area contributed by atoms with Crippen molar-refractivity contribution in [2.75, 3.05) is 0 Å². The number of aromatic nitrogens is 2. The Morgan fingerprint density at radius 3 is 1.59 bits per heavy atom. The maximum atomic E-state index is 11.8. The molecule has 10 heteroatoms. The van der Waals surface area contributed by atoms with E-state index in [4.69, 9.17) is 10.5 Å². The van der Waals surface area contributed by atoms with Crippen molar-refractivity contribution in [3.05, 3.63) is 82.1 Å². The van der Waals surface area contributed by atoms with Crippen LogP contribution in [0.1, 0.15) is 70.6 Å². The third kappa shape index (κ3) is 10.2. The van der Waals surface area contributed by atoms with Crippen LogP contribution < -0.4 is 11.1 Å². The van der Waals surface area contributed by atoms with Gasteiger partial charge >= 0.3 is 6.09 Å². The fourth-order valence-corrected chi connectivity index (χ4v) is 5.21. The zero-order valence-electron chi connectivity index (χ0n) is 23.3. The van der Waals surface area contributed by atoms with Crippen molar-refractivity contribution in [2.24, 2.45) is 5.73 Å². The Morgan fingerprint density at radius 1 is 0.846 bits per heavy atom. The van der Waals surface area contributed by atoms with Crippen LogP contribution in [0.2, 0.25) is 0 Å². The molecule has 214 valence electrons. The maximum Gasteiger partial charge on any atom is 0.408 e. The highest BCUT2D eigenvalue weighted by Gasteiger charge is 2.18. The Bertz CT molecular complexity index is 1300. The van der Waals surface area contributed by atoms with Crippen LogP contribution in [0.25, 0.3) is 20.9 Å². The van der Waals surface area contributed by atoms with E-state index in [1.165, 1.54) is 20.9 Å². The van der Waals surface area contributed by atoms with Crippen molar-refractivity contribution < 1.29 is 11.0 Å². The molecule has 0 aliphatic heterocycles. The summed E-state index contributed by atoms with van der Waals surface area (Å²) < 4.78 is 5.27. The number of amides is 1. The van der Waals surface area contributed by atoms with Crippen molar-refractivity contribution in [3.8, 4) is 20.9 Å². The number of rotatable bonds is 5. The minimum absolute atomic E-state index is 0. The summed E-state index contributed by atoms with van der Waals surface area (Å²) in [5, 5.41) is 2.85. The van der Waals surface area contributed by atoms with Crippen molar-refractivity contribution in [2.45, 2.75) is 66.2 Å². The van der Waals surface area contributed by atoms with Gasteiger partial charge in [0.25, 0.3) is 0 Å². The number of nitrogens with one attached hydrogen (secondary N) is 1. The molecule has 6 nitrogen and oxygen atoms in total. The zero-order valence-corrected chi connectivity index (χ0v) is 26.6. The van der Waals surface area contributed by atoms with Crippen molar-refractivity contribution in [1.82, 2.24) is 15.3 Å². The minimum atomic E-state index is -0.489. The fraction of sp³-hybridized carbons (Fsp3) is 0.345. The first-order chi connectivity index (χ1) is 17.4. The first kappa shape index (κ1) is 34.5. The molecule has 0 radical (unpaired) electrons. The molecular weight excluding hydrogens is 571 g/mol. The monoisotopic (exact) mass is 610 g/mol. The number of alkyl carbamates (subject to hydrolysis) is 1. The Kier molecular flexibility index (Phi) is 13.6. The van der Waals surface area contributed by atoms with Gasteiger partial charge in [-0.1, -0.05) is 48.5 Å². The summed E-state index contributed by atoms with van der Waals surface area (Å²) in [4.78, 5) is 22.7. The predicted molar refractivity (Wildman–Crippen MR) is 172 cm³/mol. The molecule has 0 saturated heterocycles. The van der Waals surface area contributed by atoms with Crippen molar-refractivity contribution in [1.29, 1.82) is 0 Å². The van der Waals surface area contributed by atoms with E-state index in [2.05, 4.69) is 51.7 Å². The van der Waals surface area contributed by atoms with Crippen LogP contribution in [0.5, 0.6) is 0 Å². The van der Waals surface area contributed by atoms with Gasteiger partial charge in [0.15, 0.2) is 0 Å². The number of benzene rings is 2. The SMILES string of the molecule is Cc1ncsc1-c1ccc([C@H](C)N)cc1.Cc1ncsc1-c1ccc([C@H](C)NC(=O)OC(C)(C)C)cc1.Cl.Cl.[HH]. The van der Waals surface area contributed by atoms with Gasteiger partial charge in [0.2, 0.25) is 0 Å². The van der Waals surface area contributed by atoms with E-state index in [1.807, 2.05) is 71.6 Å². The average molecular weight is 612 g/mol. The summed E-state index contributed by atoms with van der Waals surface area (Å²) in [6.45, 7) is 13.5. The smallest absolute Gasteiger partial charge is 0.408 e. The fourth-order valence-electron chi connectivity index (χ4n) is 3.59. The number of carbonyl (C=O) groups is 1. The van der Waals surface area contributed by atoms with E-state index < -0.39 is 11.7 Å². The van der Waals surface area contributed by atoms with Crippen LogP contribution in [0.4, 0.5) is 4.79 Å². The molecule has 2 atom stereocenters. The van der Waals surface area contributed by atoms with Gasteiger partial charge in [0.05, 0.1) is 38.2 Å². The number of carbonyl (C=O) groups excluding carboxylic acids is 1. The van der Waals surface area contributed by atoms with E-state index in [0.29, 0.717) is 0 Å². The van der Waals surface area contributed by atoms with E-state index in [0.717, 1.165) is 22.5 Å². The standard InChI is InChI=1S/C17H22N2O2S.C12H14N2S.2ClH.H2/c1-11(19-16(20)21-17(3,4)5)13-6-8-14(9-7-13)15-12(2)18-10-22-15;1-8(13)10-3-5-11(6-4-10)12-9(2)14-7-15-12;;;/h6-11H,1-5H3,(H,19,20);3-8H,13H2,1-2H3;3*1H/t11-;8-;;;/m00.../s1. The van der Waals surface area contributed by atoms with Crippen LogP contribution in [0, 0.1) is 13.8 Å². The molecule has 2 heterocycles. The highest BCUT2D eigenvalue weighted by atomic mass is 35.5. The normalized spacial score (nSPS) is 12.1. The second kappa shape index (κ2) is 15.3. The summed E-state index contributed by atoms with van der Waals surface area (Å²) in [5.41, 5.74) is 15.8. The van der Waals surface area contributed by atoms with Crippen molar-refractivity contribution >= 4 is 53.6 Å². The summed E-state index contributed by atoms with van der Waals surface area (Å²) >= 11 is 3.31. The number of ether oxygens (including phenoxy) is 1. The van der Waals surface area contributed by atoms with Crippen molar-refractivity contribution in [3.63, 3.8) is 0 Å². The van der Waals surface area contributed by atoms with Crippen LogP contribution in [0.15, 0.2) is 59.6 Å².